The maximum atomic E-state index is 13.5. The number of aryl methyl sites for hydroxylation is 6. The van der Waals surface area contributed by atoms with Gasteiger partial charge < -0.3 is 53.0 Å². The molecule has 0 spiro atoms. The number of halogens is 3. The van der Waals surface area contributed by atoms with Crippen molar-refractivity contribution in [3.8, 4) is 65.5 Å². The van der Waals surface area contributed by atoms with Crippen LogP contribution in [0, 0.1) is 20.8 Å². The van der Waals surface area contributed by atoms with Crippen LogP contribution >= 0.6 is 68.8 Å². The van der Waals surface area contributed by atoms with Gasteiger partial charge in [-0.15, -0.1) is 34.0 Å². The zero-order valence-electron chi connectivity index (χ0n) is 80.9. The van der Waals surface area contributed by atoms with Gasteiger partial charge in [0.1, 0.15) is 31.6 Å². The number of carboxylic acids is 1. The molecule has 0 unspecified atom stereocenters. The minimum atomic E-state index is -1.18. The summed E-state index contributed by atoms with van der Waals surface area (Å²) >= 11 is 23.5. The van der Waals surface area contributed by atoms with Crippen LogP contribution in [0.3, 0.4) is 0 Å². The highest BCUT2D eigenvalue weighted by atomic mass is 35.5. The third-order valence-corrected chi connectivity index (χ3v) is 29.5. The van der Waals surface area contributed by atoms with Crippen LogP contribution in [0.4, 0.5) is 17.5 Å². The maximum Gasteiger partial charge on any atom is 0.339 e. The lowest BCUT2D eigenvalue weighted by molar-refractivity contribution is -0.167. The summed E-state index contributed by atoms with van der Waals surface area (Å²) < 4.78 is 49.4. The topological polar surface area (TPSA) is 283 Å². The number of hydrogen-bond donors (Lipinski definition) is 1. The van der Waals surface area contributed by atoms with Gasteiger partial charge in [0.2, 0.25) is 0 Å². The Hall–Kier alpha value is -10.8. The first-order valence-electron chi connectivity index (χ1n) is 47.1. The average molecular weight is 1980 g/mol. The van der Waals surface area contributed by atoms with Crippen LogP contribution < -0.4 is 14.7 Å². The van der Waals surface area contributed by atoms with E-state index in [2.05, 4.69) is 42.7 Å². The molecule has 28 nitrogen and oxygen atoms in total. The molecule has 5 aliphatic rings. The molecule has 9 aromatic heterocycles. The number of pyridine rings is 3. The Bertz CT molecular complexity index is 7070. The van der Waals surface area contributed by atoms with Crippen LogP contribution in [-0.4, -0.2) is 226 Å². The summed E-state index contributed by atoms with van der Waals surface area (Å²) in [6.45, 7) is 40.0. The predicted molar refractivity (Wildman–Crippen MR) is 551 cm³/mol. The summed E-state index contributed by atoms with van der Waals surface area (Å²) in [5.74, 6) is 0.828. The number of aliphatic carboxylic acids is 1. The number of anilines is 3. The quantitative estimate of drug-likeness (QED) is 0.0617. The van der Waals surface area contributed by atoms with Crippen molar-refractivity contribution in [3.05, 3.63) is 176 Å². The summed E-state index contributed by atoms with van der Waals surface area (Å²) in [5, 5.41) is 29.2. The Morgan fingerprint density at radius 3 is 0.971 bits per heavy atom. The van der Waals surface area contributed by atoms with Crippen molar-refractivity contribution in [3.63, 3.8) is 0 Å². The van der Waals surface area contributed by atoms with E-state index in [9.17, 15) is 19.5 Å². The molecule has 5 aliphatic heterocycles. The number of hydrogen-bond acceptors (Lipinski definition) is 27. The van der Waals surface area contributed by atoms with E-state index in [1.54, 1.807) is 36.5 Å². The molecule has 722 valence electrons. The molecule has 0 amide bonds. The fourth-order valence-electron chi connectivity index (χ4n) is 18.8. The van der Waals surface area contributed by atoms with Gasteiger partial charge in [-0.05, 0) is 241 Å². The van der Waals surface area contributed by atoms with Gasteiger partial charge in [0.25, 0.3) is 0 Å². The number of ether oxygens (including phenoxy) is 7. The summed E-state index contributed by atoms with van der Waals surface area (Å²) in [5.41, 5.74) is 18.3. The van der Waals surface area contributed by atoms with Crippen molar-refractivity contribution >= 4 is 168 Å². The first kappa shape index (κ1) is 97.5. The van der Waals surface area contributed by atoms with Crippen LogP contribution in [-0.2, 0) is 68.7 Å². The number of carbonyl (C=O) groups excluding carboxylic acids is 2. The number of piperidine rings is 1. The van der Waals surface area contributed by atoms with Gasteiger partial charge in [0.05, 0.1) is 133 Å². The molecule has 5 saturated heterocycles. The second-order valence-corrected chi connectivity index (χ2v) is 43.1. The fraction of sp³-hybridized carbons (Fsp3) is 0.423. The third-order valence-electron chi connectivity index (χ3n) is 25.5. The van der Waals surface area contributed by atoms with Crippen molar-refractivity contribution in [1.29, 1.82) is 0 Å². The van der Waals surface area contributed by atoms with E-state index in [0.29, 0.717) is 32.7 Å². The first-order valence-corrected chi connectivity index (χ1v) is 50.7. The number of esters is 2. The number of rotatable bonds is 22. The normalized spacial score (nSPS) is 16.3. The summed E-state index contributed by atoms with van der Waals surface area (Å²) in [6, 6.07) is 42.1. The molecule has 14 heterocycles. The van der Waals surface area contributed by atoms with Gasteiger partial charge in [-0.2, -0.15) is 15.3 Å². The monoisotopic (exact) mass is 1980 g/mol. The van der Waals surface area contributed by atoms with Crippen LogP contribution in [0.1, 0.15) is 147 Å². The first-order chi connectivity index (χ1) is 66.0. The lowest BCUT2D eigenvalue weighted by Gasteiger charge is -2.42. The second kappa shape index (κ2) is 40.1. The van der Waals surface area contributed by atoms with Crippen LogP contribution in [0.15, 0.2) is 127 Å². The van der Waals surface area contributed by atoms with E-state index < -0.39 is 53.0 Å². The summed E-state index contributed by atoms with van der Waals surface area (Å²) in [4.78, 5) is 82.4. The highest BCUT2D eigenvalue weighted by Gasteiger charge is 2.40. The largest absolute Gasteiger partial charge is 0.479 e. The number of carboxylic acid groups (broad SMARTS) is 1. The van der Waals surface area contributed by atoms with E-state index in [0.717, 1.165) is 279 Å². The lowest BCUT2D eigenvalue weighted by Crippen LogP contribution is -2.56. The number of carbonyl (C=O) groups is 3. The van der Waals surface area contributed by atoms with Crippen LogP contribution in [0.25, 0.3) is 129 Å². The van der Waals surface area contributed by atoms with Gasteiger partial charge in [-0.1, -0.05) is 71.2 Å². The molecule has 138 heavy (non-hydrogen) atoms. The van der Waals surface area contributed by atoms with Crippen molar-refractivity contribution in [2.45, 2.75) is 163 Å². The molecular formula is C104H116Cl3N17O11S3. The zero-order valence-corrected chi connectivity index (χ0v) is 85.7. The predicted octanol–water partition coefficient (Wildman–Crippen LogP) is 21.4. The van der Waals surface area contributed by atoms with Crippen molar-refractivity contribution in [1.82, 2.24) is 69.0 Å². The van der Waals surface area contributed by atoms with Crippen molar-refractivity contribution in [2.75, 3.05) is 120 Å². The Kier molecular flexibility index (Phi) is 28.3. The molecule has 34 heteroatoms. The van der Waals surface area contributed by atoms with Gasteiger partial charge >= 0.3 is 17.9 Å². The molecule has 3 atom stereocenters. The molecule has 5 fully saturated rings. The minimum absolute atomic E-state index is 0.251. The number of benzene rings is 6. The third kappa shape index (κ3) is 20.5. The Balaban J connectivity index is 0.000000138. The van der Waals surface area contributed by atoms with Gasteiger partial charge in [0, 0.05) is 135 Å². The molecular weight excluding hydrogens is 1870 g/mol. The second-order valence-electron chi connectivity index (χ2n) is 38.8. The van der Waals surface area contributed by atoms with Gasteiger partial charge in [-0.25, -0.2) is 44.3 Å². The van der Waals surface area contributed by atoms with E-state index in [1.165, 1.54) is 17.8 Å². The van der Waals surface area contributed by atoms with Crippen molar-refractivity contribution in [2.24, 2.45) is 21.1 Å². The zero-order chi connectivity index (χ0) is 97.2. The molecule has 1 N–H and O–H groups in total. The number of aromatic nitrogens is 12. The highest BCUT2D eigenvalue weighted by molar-refractivity contribution is 7.23. The molecule has 0 bridgehead atoms. The maximum absolute atomic E-state index is 13.5. The summed E-state index contributed by atoms with van der Waals surface area (Å²) in [6.07, 6.45) is 0.543. The molecule has 0 saturated carbocycles. The minimum Gasteiger partial charge on any atom is -0.479 e. The standard InChI is InChI=1S/C36H41ClN6O4S.C34H37ClN6O4S.C34H38ClN5O3S/c1-7-46-35(44)31(47-36(3,4)5)28-21(2)18-26-32(29(28)22-8-10-23(37)11-9-22)48-34(39-26)25-12-13-27-30(38-25)33(40-41(27)6)43-16-14-42(15-17-43)24-19-45-20-24;1-19-16-24-30(27(20-6-8-21(35)9-7-20)26(19)29(33(42)43)45-34(2,3)4)46-32(37-24)23-10-11-25-28(36-23)31(38-39(25)5)41-14-12-40(13-15-41)22-17-44-18-22;1-7-42-33(41)29(43-34(3,4)5)26-20(2)19-24-30(27(26)21-11-13-22(35)14-12-21)44-32(37-24)23-15-16-25-28(36-23)31(38-39(25)6)40-17-9-8-10-18-40/h8-13,18,24,31H,7,14-17,19-20H2,1-6H3;6-11,16,22,29H,12-15,17-18H2,1-5H3,(H,42,43);11-16,19,29H,7-10,17-18H2,1-6H3/t31-;2*29-/m000/s1. The molecule has 15 aromatic rings. The number of thiazole rings is 3. The smallest absolute Gasteiger partial charge is 0.339 e. The molecule has 6 aromatic carbocycles. The number of nitrogens with zero attached hydrogens (tertiary/aromatic N) is 17. The van der Waals surface area contributed by atoms with Crippen molar-refractivity contribution < 1.29 is 52.6 Å². The van der Waals surface area contributed by atoms with Gasteiger partial charge in [-0.3, -0.25) is 23.8 Å². The van der Waals surface area contributed by atoms with E-state index in [4.69, 9.17) is 113 Å². The number of piperazine rings is 2. The van der Waals surface area contributed by atoms with Crippen LogP contribution in [0.2, 0.25) is 15.1 Å². The number of fused-ring (bicyclic) bond motifs is 6. The van der Waals surface area contributed by atoms with Gasteiger partial charge in [0.15, 0.2) is 35.8 Å². The average Bonchev–Trinajstić information content (AvgIpc) is 1.57. The molecule has 0 aliphatic carbocycles. The summed E-state index contributed by atoms with van der Waals surface area (Å²) in [7, 11) is 5.89. The fourth-order valence-corrected chi connectivity index (χ4v) is 22.5. The Morgan fingerprint density at radius 2 is 0.696 bits per heavy atom. The van der Waals surface area contributed by atoms with E-state index in [1.807, 2.05) is 227 Å². The van der Waals surface area contributed by atoms with E-state index >= 15 is 0 Å². The highest BCUT2D eigenvalue weighted by Crippen LogP contribution is 2.50. The SMILES string of the molecule is CCOC(=O)[C@@H](OC(C)(C)C)c1c(C)cc2nc(-c3ccc4c(n3)c(N3CCCCC3)nn4C)sc2c1-c1ccc(Cl)cc1.CCOC(=O)[C@@H](OC(C)(C)C)c1c(C)cc2nc(-c3ccc4c(n3)c(N3CCN(C5COC5)CC3)nn4C)sc2c1-c1ccc(Cl)cc1.Cc1cc2nc(-c3ccc4c(n3)c(N3CCN(C5COC5)CC3)nn4C)sc2c(-c2ccc(Cl)cc2)c1[C@H](OC(C)(C)C)C(=O)O. The van der Waals surface area contributed by atoms with Crippen LogP contribution in [0.5, 0.6) is 0 Å². The molecule has 0 radical (unpaired) electrons. The lowest BCUT2D eigenvalue weighted by atomic mass is 9.91. The molecule has 20 rings (SSSR count). The Labute approximate surface area is 829 Å². The Morgan fingerprint density at radius 1 is 0.406 bits per heavy atom. The van der Waals surface area contributed by atoms with E-state index in [-0.39, 0.29) is 13.2 Å².